The highest BCUT2D eigenvalue weighted by Gasteiger charge is 2.27. The highest BCUT2D eigenvalue weighted by Crippen LogP contribution is 2.19. The fourth-order valence-corrected chi connectivity index (χ4v) is 2.21. The van der Waals surface area contributed by atoms with Crippen molar-refractivity contribution < 1.29 is 14.3 Å². The molecule has 0 aromatic rings. The molecule has 1 aliphatic heterocycles. The lowest BCUT2D eigenvalue weighted by Gasteiger charge is -2.15. The van der Waals surface area contributed by atoms with Crippen LogP contribution in [0.1, 0.15) is 12.8 Å². The highest BCUT2D eigenvalue weighted by molar-refractivity contribution is 9.09. The Bertz CT molecular complexity index is 213. The number of likely N-dealkylation sites (tertiary alicyclic amines) is 1. The molecule has 0 aliphatic carbocycles. The van der Waals surface area contributed by atoms with Crippen LogP contribution in [0.4, 0.5) is 0 Å². The Labute approximate surface area is 105 Å². The van der Waals surface area contributed by atoms with Crippen molar-refractivity contribution in [1.82, 2.24) is 4.90 Å². The number of alkyl halides is 1. The van der Waals surface area contributed by atoms with Crippen molar-refractivity contribution in [3.63, 3.8) is 0 Å². The molecule has 1 fully saturated rings. The van der Waals surface area contributed by atoms with Gasteiger partial charge in [0.15, 0.2) is 0 Å². The second kappa shape index (κ2) is 8.03. The Hall–Kier alpha value is -0.130. The molecule has 0 N–H and O–H groups in total. The van der Waals surface area contributed by atoms with Crippen molar-refractivity contribution in [2.45, 2.75) is 12.8 Å². The molecule has 0 radical (unpaired) electrons. The molecule has 0 aromatic carbocycles. The predicted molar refractivity (Wildman–Crippen MR) is 65.8 cm³/mol. The van der Waals surface area contributed by atoms with Crippen LogP contribution in [0.2, 0.25) is 0 Å². The van der Waals surface area contributed by atoms with E-state index in [0.29, 0.717) is 32.2 Å². The van der Waals surface area contributed by atoms with Crippen molar-refractivity contribution in [3.8, 4) is 0 Å². The molecular formula is C11H20BrNO3. The fourth-order valence-electron chi connectivity index (χ4n) is 1.78. The monoisotopic (exact) mass is 293 g/mol. The van der Waals surface area contributed by atoms with Gasteiger partial charge in [0.05, 0.1) is 13.2 Å². The molecule has 1 unspecified atom stereocenters. The van der Waals surface area contributed by atoms with Crippen LogP contribution in [-0.2, 0) is 14.3 Å². The van der Waals surface area contributed by atoms with Crippen LogP contribution >= 0.6 is 15.9 Å². The summed E-state index contributed by atoms with van der Waals surface area (Å²) in [4.78, 5) is 13.5. The molecule has 16 heavy (non-hydrogen) atoms. The van der Waals surface area contributed by atoms with Crippen molar-refractivity contribution in [2.24, 2.45) is 5.92 Å². The molecule has 1 amide bonds. The Morgan fingerprint density at radius 2 is 2.25 bits per heavy atom. The summed E-state index contributed by atoms with van der Waals surface area (Å²) in [6.45, 7) is 3.67. The van der Waals surface area contributed by atoms with Crippen molar-refractivity contribution in [1.29, 1.82) is 0 Å². The highest BCUT2D eigenvalue weighted by atomic mass is 79.9. The van der Waals surface area contributed by atoms with E-state index in [1.807, 2.05) is 4.90 Å². The van der Waals surface area contributed by atoms with Gasteiger partial charge in [-0.2, -0.15) is 0 Å². The maximum absolute atomic E-state index is 11.6. The van der Waals surface area contributed by atoms with Crippen LogP contribution in [0.25, 0.3) is 0 Å². The summed E-state index contributed by atoms with van der Waals surface area (Å²) in [5, 5.41) is 0.916. The number of carbonyl (C=O) groups excluding carboxylic acids is 1. The zero-order valence-corrected chi connectivity index (χ0v) is 11.4. The normalized spacial score (nSPS) is 20.8. The van der Waals surface area contributed by atoms with Crippen LogP contribution in [-0.4, -0.2) is 56.2 Å². The molecule has 5 heteroatoms. The molecule has 1 aliphatic rings. The number of hydrogen-bond donors (Lipinski definition) is 0. The van der Waals surface area contributed by atoms with Gasteiger partial charge in [-0.3, -0.25) is 4.79 Å². The van der Waals surface area contributed by atoms with Gasteiger partial charge < -0.3 is 14.4 Å². The summed E-state index contributed by atoms with van der Waals surface area (Å²) < 4.78 is 10.2. The van der Waals surface area contributed by atoms with Gasteiger partial charge >= 0.3 is 0 Å². The lowest BCUT2D eigenvalue weighted by molar-refractivity contribution is -0.127. The Balaban J connectivity index is 2.03. The summed E-state index contributed by atoms with van der Waals surface area (Å²) in [6.07, 6.45) is 1.60. The van der Waals surface area contributed by atoms with Crippen LogP contribution in [0.3, 0.4) is 0 Å². The quantitative estimate of drug-likeness (QED) is 0.500. The van der Waals surface area contributed by atoms with Crippen molar-refractivity contribution in [2.75, 3.05) is 45.4 Å². The maximum atomic E-state index is 11.6. The van der Waals surface area contributed by atoms with E-state index < -0.39 is 0 Å². The van der Waals surface area contributed by atoms with Gasteiger partial charge in [0.1, 0.15) is 0 Å². The minimum absolute atomic E-state index is 0.279. The largest absolute Gasteiger partial charge is 0.382 e. The van der Waals surface area contributed by atoms with Crippen LogP contribution in [0, 0.1) is 5.92 Å². The third-order valence-electron chi connectivity index (χ3n) is 2.66. The summed E-state index contributed by atoms with van der Waals surface area (Å²) in [7, 11) is 1.66. The Morgan fingerprint density at radius 1 is 1.44 bits per heavy atom. The van der Waals surface area contributed by atoms with Crippen LogP contribution < -0.4 is 0 Å². The van der Waals surface area contributed by atoms with Crippen LogP contribution in [0.15, 0.2) is 0 Å². The first-order chi connectivity index (χ1) is 7.77. The van der Waals surface area contributed by atoms with Gasteiger partial charge in [0.25, 0.3) is 0 Å². The van der Waals surface area contributed by atoms with E-state index in [0.717, 1.165) is 24.8 Å². The average Bonchev–Trinajstić information content (AvgIpc) is 2.65. The molecule has 94 valence electrons. The van der Waals surface area contributed by atoms with Gasteiger partial charge in [-0.25, -0.2) is 0 Å². The van der Waals surface area contributed by atoms with Gasteiger partial charge in [0.2, 0.25) is 5.91 Å². The van der Waals surface area contributed by atoms with Crippen molar-refractivity contribution >= 4 is 21.8 Å². The van der Waals surface area contributed by atoms with Crippen LogP contribution in [0.5, 0.6) is 0 Å². The number of hydrogen-bond acceptors (Lipinski definition) is 3. The minimum atomic E-state index is 0.279. The number of nitrogens with zero attached hydrogens (tertiary/aromatic N) is 1. The molecule has 1 rings (SSSR count). The molecule has 0 spiro atoms. The van der Waals surface area contributed by atoms with Gasteiger partial charge in [-0.1, -0.05) is 15.9 Å². The standard InChI is InChI=1S/C11H20BrNO3/c1-15-5-6-16-4-2-3-13-9-10(8-12)7-11(13)14/h10H,2-9H2,1H3. The second-order valence-corrected chi connectivity index (χ2v) is 4.67. The first kappa shape index (κ1) is 13.9. The summed E-state index contributed by atoms with van der Waals surface area (Å²) in [5.74, 6) is 0.767. The molecule has 0 saturated carbocycles. The SMILES string of the molecule is COCCOCCCN1CC(CBr)CC1=O. The summed E-state index contributed by atoms with van der Waals surface area (Å²) >= 11 is 3.42. The molecule has 1 atom stereocenters. The van der Waals surface area contributed by atoms with E-state index in [4.69, 9.17) is 9.47 Å². The molecule has 4 nitrogen and oxygen atoms in total. The molecule has 0 bridgehead atoms. The Kier molecular flexibility index (Phi) is 7.00. The van der Waals surface area contributed by atoms with Gasteiger partial charge in [-0.15, -0.1) is 0 Å². The zero-order chi connectivity index (χ0) is 11.8. The number of carbonyl (C=O) groups is 1. The lowest BCUT2D eigenvalue weighted by atomic mass is 10.2. The van der Waals surface area contributed by atoms with E-state index in [1.165, 1.54) is 0 Å². The maximum Gasteiger partial charge on any atom is 0.222 e. The predicted octanol–water partition coefficient (Wildman–Crippen LogP) is 1.28. The van der Waals surface area contributed by atoms with Crippen molar-refractivity contribution in [3.05, 3.63) is 0 Å². The minimum Gasteiger partial charge on any atom is -0.382 e. The number of ether oxygens (including phenoxy) is 2. The molecule has 1 saturated heterocycles. The summed E-state index contributed by atoms with van der Waals surface area (Å²) in [5.41, 5.74) is 0. The van der Waals surface area contributed by atoms with E-state index in [-0.39, 0.29) is 5.91 Å². The number of halogens is 1. The first-order valence-corrected chi connectivity index (χ1v) is 6.80. The first-order valence-electron chi connectivity index (χ1n) is 5.68. The molecule has 0 aromatic heterocycles. The zero-order valence-electron chi connectivity index (χ0n) is 9.78. The Morgan fingerprint density at radius 3 is 2.88 bits per heavy atom. The fraction of sp³-hybridized carbons (Fsp3) is 0.909. The molecule has 1 heterocycles. The van der Waals surface area contributed by atoms with E-state index >= 15 is 0 Å². The van der Waals surface area contributed by atoms with E-state index in [2.05, 4.69) is 15.9 Å². The summed E-state index contributed by atoms with van der Waals surface area (Å²) in [6, 6.07) is 0. The average molecular weight is 294 g/mol. The van der Waals surface area contributed by atoms with Gasteiger partial charge in [-0.05, 0) is 12.3 Å². The van der Waals surface area contributed by atoms with E-state index in [9.17, 15) is 4.79 Å². The smallest absolute Gasteiger partial charge is 0.222 e. The number of rotatable bonds is 8. The third kappa shape index (κ3) is 4.80. The van der Waals surface area contributed by atoms with E-state index in [1.54, 1.807) is 7.11 Å². The topological polar surface area (TPSA) is 38.8 Å². The third-order valence-corrected chi connectivity index (χ3v) is 3.58. The second-order valence-electron chi connectivity index (χ2n) is 4.02. The number of amides is 1. The lowest BCUT2D eigenvalue weighted by Crippen LogP contribution is -2.27. The van der Waals surface area contributed by atoms with Gasteiger partial charge in [0, 0.05) is 38.6 Å². The number of methoxy groups -OCH3 is 1. The molecular weight excluding hydrogens is 274 g/mol.